The minimum Gasteiger partial charge on any atom is -0.483 e. The number of nitrogens with one attached hydrogen (secondary N) is 1. The number of ether oxygens (including phenoxy) is 1. The van der Waals surface area contributed by atoms with Gasteiger partial charge >= 0.3 is 0 Å². The number of hydrogen-bond acceptors (Lipinski definition) is 4. The summed E-state index contributed by atoms with van der Waals surface area (Å²) in [5, 5.41) is 3.41. The molecular weight excluding hydrogens is 308 g/mol. The van der Waals surface area contributed by atoms with Gasteiger partial charge in [-0.1, -0.05) is 42.5 Å². The minimum atomic E-state index is -0.206. The lowest BCUT2D eigenvalue weighted by molar-refractivity contribution is -0.118. The third-order valence-corrected chi connectivity index (χ3v) is 4.49. The zero-order valence-electron chi connectivity index (χ0n) is 13.1. The fourth-order valence-electron chi connectivity index (χ4n) is 2.26. The number of fused-ring (bicyclic) bond motifs is 1. The molecule has 0 unspecified atom stereocenters. The van der Waals surface area contributed by atoms with E-state index in [1.165, 1.54) is 16.9 Å². The maximum absolute atomic E-state index is 12.0. The number of carbonyl (C=O) groups excluding carboxylic acids is 1. The van der Waals surface area contributed by atoms with E-state index in [9.17, 15) is 4.79 Å². The highest BCUT2D eigenvalue weighted by Crippen LogP contribution is 2.27. The van der Waals surface area contributed by atoms with Gasteiger partial charge in [0.2, 0.25) is 0 Å². The fraction of sp³-hybridized carbons (Fsp3) is 0.222. The molecule has 0 spiro atoms. The molecule has 1 aromatic heterocycles. The number of benzene rings is 2. The van der Waals surface area contributed by atoms with E-state index >= 15 is 0 Å². The second-order valence-electron chi connectivity index (χ2n) is 5.28. The number of carbonyl (C=O) groups is 1. The average molecular weight is 326 g/mol. The molecule has 0 bridgehead atoms. The van der Waals surface area contributed by atoms with Gasteiger partial charge in [0.25, 0.3) is 5.91 Å². The van der Waals surface area contributed by atoms with E-state index in [0.29, 0.717) is 5.13 Å². The van der Waals surface area contributed by atoms with Crippen molar-refractivity contribution in [3.63, 3.8) is 0 Å². The van der Waals surface area contributed by atoms with Crippen molar-refractivity contribution in [2.45, 2.75) is 20.3 Å². The first kappa shape index (κ1) is 15.5. The Morgan fingerprint density at radius 3 is 2.87 bits per heavy atom. The number of amides is 1. The van der Waals surface area contributed by atoms with Crippen molar-refractivity contribution >= 4 is 32.6 Å². The molecule has 1 amide bonds. The molecule has 4 nitrogen and oxygen atoms in total. The standard InChI is InChI=1S/C18H18N2O2S/c1-3-13-8-9-14-16(10-13)23-18(19-14)20-17(21)11-22-15-7-5-4-6-12(15)2/h4-10H,3,11H2,1-2H3,(H,19,20,21). The molecular formula is C18H18N2O2S. The van der Waals surface area contributed by atoms with E-state index in [1.54, 1.807) is 0 Å². The Labute approximate surface area is 139 Å². The van der Waals surface area contributed by atoms with Gasteiger partial charge in [0.15, 0.2) is 11.7 Å². The molecule has 1 heterocycles. The first-order valence-corrected chi connectivity index (χ1v) is 8.35. The molecule has 5 heteroatoms. The summed E-state index contributed by atoms with van der Waals surface area (Å²) in [6.07, 6.45) is 0.986. The van der Waals surface area contributed by atoms with Crippen LogP contribution < -0.4 is 10.1 Å². The van der Waals surface area contributed by atoms with Crippen LogP contribution in [0.25, 0.3) is 10.2 Å². The number of thiazole rings is 1. The summed E-state index contributed by atoms with van der Waals surface area (Å²) in [6, 6.07) is 13.8. The van der Waals surface area contributed by atoms with Crippen LogP contribution in [0.2, 0.25) is 0 Å². The second kappa shape index (κ2) is 6.79. The molecule has 0 aliphatic carbocycles. The van der Waals surface area contributed by atoms with Crippen LogP contribution in [0.1, 0.15) is 18.1 Å². The monoisotopic (exact) mass is 326 g/mol. The predicted octanol–water partition coefficient (Wildman–Crippen LogP) is 4.18. The maximum Gasteiger partial charge on any atom is 0.264 e. The van der Waals surface area contributed by atoms with Crippen molar-refractivity contribution in [2.75, 3.05) is 11.9 Å². The molecule has 2 aromatic carbocycles. The Morgan fingerprint density at radius 2 is 2.09 bits per heavy atom. The molecule has 118 valence electrons. The second-order valence-corrected chi connectivity index (χ2v) is 6.31. The lowest BCUT2D eigenvalue weighted by Gasteiger charge is -2.07. The zero-order valence-corrected chi connectivity index (χ0v) is 13.9. The van der Waals surface area contributed by atoms with Crippen LogP contribution in [0, 0.1) is 6.92 Å². The summed E-state index contributed by atoms with van der Waals surface area (Å²) < 4.78 is 6.63. The van der Waals surface area contributed by atoms with Crippen LogP contribution in [-0.2, 0) is 11.2 Å². The molecule has 3 aromatic rings. The maximum atomic E-state index is 12.0. The van der Waals surface area contributed by atoms with Crippen molar-refractivity contribution < 1.29 is 9.53 Å². The highest BCUT2D eigenvalue weighted by Gasteiger charge is 2.09. The van der Waals surface area contributed by atoms with E-state index in [-0.39, 0.29) is 12.5 Å². The zero-order chi connectivity index (χ0) is 16.2. The number of para-hydroxylation sites is 1. The molecule has 0 saturated heterocycles. The Kier molecular flexibility index (Phi) is 4.57. The topological polar surface area (TPSA) is 51.2 Å². The summed E-state index contributed by atoms with van der Waals surface area (Å²) >= 11 is 1.48. The van der Waals surface area contributed by atoms with Gasteiger partial charge in [-0.25, -0.2) is 4.98 Å². The summed E-state index contributed by atoms with van der Waals surface area (Å²) in [5.74, 6) is 0.516. The third kappa shape index (κ3) is 3.68. The van der Waals surface area contributed by atoms with Gasteiger partial charge in [0.05, 0.1) is 10.2 Å². The Hall–Kier alpha value is -2.40. The van der Waals surface area contributed by atoms with Crippen molar-refractivity contribution in [3.05, 3.63) is 53.6 Å². The highest BCUT2D eigenvalue weighted by molar-refractivity contribution is 7.22. The lowest BCUT2D eigenvalue weighted by Crippen LogP contribution is -2.20. The van der Waals surface area contributed by atoms with Crippen LogP contribution in [0.3, 0.4) is 0 Å². The van der Waals surface area contributed by atoms with Gasteiger partial charge in [-0.05, 0) is 42.7 Å². The fourth-order valence-corrected chi connectivity index (χ4v) is 3.21. The molecule has 23 heavy (non-hydrogen) atoms. The third-order valence-electron chi connectivity index (χ3n) is 3.56. The predicted molar refractivity (Wildman–Crippen MR) is 94.3 cm³/mol. The Balaban J connectivity index is 1.64. The number of nitrogens with zero attached hydrogens (tertiary/aromatic N) is 1. The molecule has 0 radical (unpaired) electrons. The van der Waals surface area contributed by atoms with Crippen LogP contribution >= 0.6 is 11.3 Å². The Bertz CT molecular complexity index is 842. The van der Waals surface area contributed by atoms with Crippen molar-refractivity contribution in [2.24, 2.45) is 0 Å². The summed E-state index contributed by atoms with van der Waals surface area (Å²) in [5.41, 5.74) is 3.18. The SMILES string of the molecule is CCc1ccc2nc(NC(=O)COc3ccccc3C)sc2c1. The van der Waals surface area contributed by atoms with Crippen LogP contribution in [0.15, 0.2) is 42.5 Å². The number of aromatic nitrogens is 1. The molecule has 3 rings (SSSR count). The number of aryl methyl sites for hydroxylation is 2. The first-order valence-electron chi connectivity index (χ1n) is 7.53. The summed E-state index contributed by atoms with van der Waals surface area (Å²) in [4.78, 5) is 16.5. The first-order chi connectivity index (χ1) is 11.2. The van der Waals surface area contributed by atoms with Crippen LogP contribution in [0.5, 0.6) is 5.75 Å². The minimum absolute atomic E-state index is 0.0268. The number of anilines is 1. The molecule has 0 atom stereocenters. The largest absolute Gasteiger partial charge is 0.483 e. The van der Waals surface area contributed by atoms with Gasteiger partial charge in [-0.15, -0.1) is 0 Å². The van der Waals surface area contributed by atoms with E-state index in [2.05, 4.69) is 29.4 Å². The number of rotatable bonds is 5. The van der Waals surface area contributed by atoms with E-state index in [4.69, 9.17) is 4.74 Å². The average Bonchev–Trinajstić information content (AvgIpc) is 2.95. The molecule has 0 saturated carbocycles. The van der Waals surface area contributed by atoms with Crippen molar-refractivity contribution in [1.29, 1.82) is 0 Å². The van der Waals surface area contributed by atoms with Gasteiger partial charge < -0.3 is 4.74 Å². The molecule has 1 N–H and O–H groups in total. The van der Waals surface area contributed by atoms with Crippen LogP contribution in [0.4, 0.5) is 5.13 Å². The molecule has 0 aliphatic heterocycles. The molecule has 0 aliphatic rings. The highest BCUT2D eigenvalue weighted by atomic mass is 32.1. The quantitative estimate of drug-likeness (QED) is 0.765. The smallest absolute Gasteiger partial charge is 0.264 e. The normalized spacial score (nSPS) is 10.7. The molecule has 0 fully saturated rings. The number of hydrogen-bond donors (Lipinski definition) is 1. The van der Waals surface area contributed by atoms with Gasteiger partial charge in [0.1, 0.15) is 5.75 Å². The van der Waals surface area contributed by atoms with Crippen molar-refractivity contribution in [3.8, 4) is 5.75 Å². The Morgan fingerprint density at radius 1 is 1.26 bits per heavy atom. The van der Waals surface area contributed by atoms with E-state index in [1.807, 2.05) is 37.3 Å². The van der Waals surface area contributed by atoms with Gasteiger partial charge in [-0.3, -0.25) is 10.1 Å². The van der Waals surface area contributed by atoms with Crippen LogP contribution in [-0.4, -0.2) is 17.5 Å². The van der Waals surface area contributed by atoms with E-state index < -0.39 is 0 Å². The summed E-state index contributed by atoms with van der Waals surface area (Å²) in [6.45, 7) is 4.04. The van der Waals surface area contributed by atoms with Gasteiger partial charge in [0, 0.05) is 0 Å². The van der Waals surface area contributed by atoms with Crippen molar-refractivity contribution in [1.82, 2.24) is 4.98 Å². The van der Waals surface area contributed by atoms with E-state index in [0.717, 1.165) is 28.0 Å². The summed E-state index contributed by atoms with van der Waals surface area (Å²) in [7, 11) is 0. The lowest BCUT2D eigenvalue weighted by atomic mass is 10.2. The van der Waals surface area contributed by atoms with Gasteiger partial charge in [-0.2, -0.15) is 0 Å².